The van der Waals surface area contributed by atoms with Gasteiger partial charge in [-0.3, -0.25) is 9.69 Å². The average molecular weight is 386 g/mol. The Balaban J connectivity index is 1.40. The highest BCUT2D eigenvalue weighted by Crippen LogP contribution is 2.18. The van der Waals surface area contributed by atoms with E-state index < -0.39 is 5.82 Å². The first-order chi connectivity index (χ1) is 13.6. The number of morpholine rings is 1. The van der Waals surface area contributed by atoms with Crippen molar-refractivity contribution in [3.63, 3.8) is 0 Å². The molecule has 1 N–H and O–H groups in total. The second-order valence-electron chi connectivity index (χ2n) is 6.95. The van der Waals surface area contributed by atoms with E-state index in [9.17, 15) is 9.18 Å². The molecule has 2 aromatic rings. The maximum atomic E-state index is 13.7. The molecule has 1 fully saturated rings. The number of rotatable bonds is 8. The summed E-state index contributed by atoms with van der Waals surface area (Å²) in [6.07, 6.45) is 0.812. The van der Waals surface area contributed by atoms with Gasteiger partial charge in [0.15, 0.2) is 11.6 Å². The predicted molar refractivity (Wildman–Crippen MR) is 106 cm³/mol. The van der Waals surface area contributed by atoms with E-state index in [1.165, 1.54) is 18.7 Å². The van der Waals surface area contributed by atoms with Crippen LogP contribution in [0.5, 0.6) is 5.75 Å². The number of benzene rings is 2. The minimum atomic E-state index is -0.405. The number of carbonyl (C=O) groups is 1. The molecule has 0 saturated carbocycles. The molecule has 1 heterocycles. The number of carbonyl (C=O) groups excluding carboxylic acids is 1. The summed E-state index contributed by atoms with van der Waals surface area (Å²) in [5, 5.41) is 2.92. The molecule has 0 bridgehead atoms. The van der Waals surface area contributed by atoms with E-state index in [1.54, 1.807) is 12.1 Å². The van der Waals surface area contributed by atoms with Gasteiger partial charge in [-0.1, -0.05) is 30.3 Å². The van der Waals surface area contributed by atoms with Crippen LogP contribution >= 0.6 is 0 Å². The van der Waals surface area contributed by atoms with Crippen molar-refractivity contribution >= 4 is 5.91 Å². The van der Waals surface area contributed by atoms with Crippen LogP contribution in [-0.2, 0) is 29.0 Å². The Hall–Kier alpha value is -2.44. The molecule has 0 atom stereocenters. The third-order valence-corrected chi connectivity index (χ3v) is 4.88. The van der Waals surface area contributed by atoms with Crippen molar-refractivity contribution in [2.24, 2.45) is 0 Å². The molecule has 0 unspecified atom stereocenters. The number of hydrogen-bond acceptors (Lipinski definition) is 4. The molecular formula is C22H27FN2O3. The molecule has 0 aromatic heterocycles. The van der Waals surface area contributed by atoms with Crippen LogP contribution in [0.2, 0.25) is 0 Å². The van der Waals surface area contributed by atoms with Gasteiger partial charge in [0, 0.05) is 32.6 Å². The van der Waals surface area contributed by atoms with Crippen LogP contribution in [0.15, 0.2) is 42.5 Å². The predicted octanol–water partition coefficient (Wildman–Crippen LogP) is 2.92. The van der Waals surface area contributed by atoms with Crippen LogP contribution < -0.4 is 10.1 Å². The fourth-order valence-corrected chi connectivity index (χ4v) is 3.19. The number of aryl methyl sites for hydroxylation is 1. The summed E-state index contributed by atoms with van der Waals surface area (Å²) in [5.74, 6) is -0.239. The Morgan fingerprint density at radius 2 is 1.79 bits per heavy atom. The molecule has 5 nitrogen and oxygen atoms in total. The van der Waals surface area contributed by atoms with Gasteiger partial charge in [-0.15, -0.1) is 0 Å². The Bertz CT molecular complexity index is 774. The third-order valence-electron chi connectivity index (χ3n) is 4.88. The van der Waals surface area contributed by atoms with Gasteiger partial charge in [-0.2, -0.15) is 0 Å². The van der Waals surface area contributed by atoms with Gasteiger partial charge < -0.3 is 14.8 Å². The Kier molecular flexibility index (Phi) is 7.39. The van der Waals surface area contributed by atoms with E-state index in [-0.39, 0.29) is 11.7 Å². The molecule has 1 aliphatic heterocycles. The van der Waals surface area contributed by atoms with Crippen molar-refractivity contribution in [3.8, 4) is 5.75 Å². The molecule has 1 saturated heterocycles. The molecule has 28 heavy (non-hydrogen) atoms. The second kappa shape index (κ2) is 10.2. The molecule has 0 spiro atoms. The maximum Gasteiger partial charge on any atom is 0.220 e. The van der Waals surface area contributed by atoms with Crippen LogP contribution in [0.4, 0.5) is 4.39 Å². The van der Waals surface area contributed by atoms with Gasteiger partial charge in [0.2, 0.25) is 5.91 Å². The second-order valence-corrected chi connectivity index (χ2v) is 6.95. The summed E-state index contributed by atoms with van der Waals surface area (Å²) in [4.78, 5) is 14.5. The summed E-state index contributed by atoms with van der Waals surface area (Å²) in [7, 11) is 1.43. The Morgan fingerprint density at radius 3 is 2.46 bits per heavy atom. The topological polar surface area (TPSA) is 50.8 Å². The smallest absolute Gasteiger partial charge is 0.220 e. The third kappa shape index (κ3) is 6.04. The average Bonchev–Trinajstić information content (AvgIpc) is 2.72. The highest BCUT2D eigenvalue weighted by atomic mass is 19.1. The quantitative estimate of drug-likeness (QED) is 0.758. The van der Waals surface area contributed by atoms with E-state index in [0.29, 0.717) is 19.4 Å². The van der Waals surface area contributed by atoms with Crippen LogP contribution in [0.25, 0.3) is 0 Å². The lowest BCUT2D eigenvalue weighted by atomic mass is 10.1. The zero-order chi connectivity index (χ0) is 19.8. The number of nitrogens with zero attached hydrogens (tertiary/aromatic N) is 1. The summed E-state index contributed by atoms with van der Waals surface area (Å²) in [5.41, 5.74) is 3.11. The number of ether oxygens (including phenoxy) is 2. The van der Waals surface area contributed by atoms with Crippen molar-refractivity contribution in [1.82, 2.24) is 10.2 Å². The van der Waals surface area contributed by atoms with Gasteiger partial charge >= 0.3 is 0 Å². The van der Waals surface area contributed by atoms with E-state index in [0.717, 1.165) is 44.0 Å². The number of nitrogens with one attached hydrogen (secondary N) is 1. The summed E-state index contributed by atoms with van der Waals surface area (Å²) in [6.45, 7) is 4.95. The maximum absolute atomic E-state index is 13.7. The highest BCUT2D eigenvalue weighted by molar-refractivity contribution is 5.76. The van der Waals surface area contributed by atoms with Gasteiger partial charge in [0.1, 0.15) is 0 Å². The van der Waals surface area contributed by atoms with Crippen molar-refractivity contribution < 1.29 is 18.7 Å². The molecule has 3 rings (SSSR count). The molecule has 1 aliphatic rings. The first-order valence-corrected chi connectivity index (χ1v) is 9.61. The fraction of sp³-hybridized carbons (Fsp3) is 0.409. The molecular weight excluding hydrogens is 359 g/mol. The summed E-state index contributed by atoms with van der Waals surface area (Å²) >= 11 is 0. The Morgan fingerprint density at radius 1 is 1.11 bits per heavy atom. The van der Waals surface area contributed by atoms with E-state index in [2.05, 4.69) is 34.5 Å². The summed E-state index contributed by atoms with van der Waals surface area (Å²) < 4.78 is 24.0. The number of hydrogen-bond donors (Lipinski definition) is 1. The minimum absolute atomic E-state index is 0.0476. The molecule has 6 heteroatoms. The van der Waals surface area contributed by atoms with Gasteiger partial charge in [0.05, 0.1) is 20.3 Å². The van der Waals surface area contributed by atoms with E-state index >= 15 is 0 Å². The lowest BCUT2D eigenvalue weighted by Gasteiger charge is -2.26. The van der Waals surface area contributed by atoms with Crippen LogP contribution in [0.3, 0.4) is 0 Å². The molecule has 150 valence electrons. The molecule has 1 amide bonds. The van der Waals surface area contributed by atoms with Crippen molar-refractivity contribution in [1.29, 1.82) is 0 Å². The van der Waals surface area contributed by atoms with Crippen molar-refractivity contribution in [2.75, 3.05) is 33.4 Å². The standard InChI is InChI=1S/C22H27FN2O3/c1-27-21-8-6-17(14-20(21)23)7-9-22(26)24-15-18-2-4-19(5-3-18)16-25-10-12-28-13-11-25/h2-6,8,14H,7,9-13,15-16H2,1H3,(H,24,26). The van der Waals surface area contributed by atoms with Gasteiger partial charge in [0.25, 0.3) is 0 Å². The molecule has 2 aromatic carbocycles. The summed E-state index contributed by atoms with van der Waals surface area (Å²) in [6, 6.07) is 13.1. The number of amides is 1. The normalized spacial score (nSPS) is 14.6. The van der Waals surface area contributed by atoms with Crippen LogP contribution in [0, 0.1) is 5.82 Å². The highest BCUT2D eigenvalue weighted by Gasteiger charge is 2.10. The first kappa shape index (κ1) is 20.3. The number of halogens is 1. The molecule has 0 radical (unpaired) electrons. The van der Waals surface area contributed by atoms with Crippen LogP contribution in [0.1, 0.15) is 23.1 Å². The lowest BCUT2D eigenvalue weighted by Crippen LogP contribution is -2.35. The van der Waals surface area contributed by atoms with E-state index in [1.807, 2.05) is 0 Å². The van der Waals surface area contributed by atoms with Gasteiger partial charge in [-0.25, -0.2) is 4.39 Å². The lowest BCUT2D eigenvalue weighted by molar-refractivity contribution is -0.121. The van der Waals surface area contributed by atoms with Crippen molar-refractivity contribution in [3.05, 3.63) is 65.0 Å². The largest absolute Gasteiger partial charge is 0.494 e. The first-order valence-electron chi connectivity index (χ1n) is 9.61. The van der Waals surface area contributed by atoms with Crippen molar-refractivity contribution in [2.45, 2.75) is 25.9 Å². The molecule has 0 aliphatic carbocycles. The zero-order valence-corrected chi connectivity index (χ0v) is 16.2. The SMILES string of the molecule is COc1ccc(CCC(=O)NCc2ccc(CN3CCOCC3)cc2)cc1F. The fourth-order valence-electron chi connectivity index (χ4n) is 3.19. The minimum Gasteiger partial charge on any atom is -0.494 e. The zero-order valence-electron chi connectivity index (χ0n) is 16.2. The monoisotopic (exact) mass is 386 g/mol. The Labute approximate surface area is 165 Å². The van der Waals surface area contributed by atoms with E-state index in [4.69, 9.17) is 9.47 Å². The van der Waals surface area contributed by atoms with Crippen LogP contribution in [-0.4, -0.2) is 44.2 Å². The number of methoxy groups -OCH3 is 1. The van der Waals surface area contributed by atoms with Gasteiger partial charge in [-0.05, 0) is 35.2 Å².